The van der Waals surface area contributed by atoms with Crippen molar-refractivity contribution < 1.29 is 4.79 Å². The molecule has 7 heteroatoms. The van der Waals surface area contributed by atoms with Crippen LogP contribution in [0.5, 0.6) is 0 Å². The van der Waals surface area contributed by atoms with Gasteiger partial charge in [-0.1, -0.05) is 44.2 Å². The Hall–Kier alpha value is -2.67. The third-order valence-corrected chi connectivity index (χ3v) is 6.44. The van der Waals surface area contributed by atoms with Crippen LogP contribution < -0.4 is 5.32 Å². The topological polar surface area (TPSA) is 72.7 Å². The van der Waals surface area contributed by atoms with E-state index in [0.717, 1.165) is 47.9 Å². The molecule has 31 heavy (non-hydrogen) atoms. The summed E-state index contributed by atoms with van der Waals surface area (Å²) in [6, 6.07) is 10.3. The number of carbonyl (C=O) groups excluding carboxylic acids is 1. The number of aryl methyl sites for hydroxylation is 1. The highest BCUT2D eigenvalue weighted by Gasteiger charge is 2.28. The van der Waals surface area contributed by atoms with Crippen LogP contribution >= 0.6 is 11.8 Å². The first-order valence-corrected chi connectivity index (χ1v) is 12.0. The second-order valence-electron chi connectivity index (χ2n) is 8.31. The van der Waals surface area contributed by atoms with Crippen LogP contribution in [0.4, 0.5) is 0 Å². The minimum Gasteiger partial charge on any atom is -0.345 e. The van der Waals surface area contributed by atoms with Gasteiger partial charge in [0.25, 0.3) is 5.91 Å². The molecule has 1 atom stereocenters. The second kappa shape index (κ2) is 9.22. The number of amides is 1. The van der Waals surface area contributed by atoms with Crippen LogP contribution in [0.1, 0.15) is 77.3 Å². The zero-order valence-electron chi connectivity index (χ0n) is 18.6. The molecule has 1 unspecified atom stereocenters. The minimum absolute atomic E-state index is 0.0420. The van der Waals surface area contributed by atoms with Gasteiger partial charge in [-0.15, -0.1) is 11.8 Å². The van der Waals surface area contributed by atoms with Gasteiger partial charge in [0.05, 0.1) is 30.0 Å². The van der Waals surface area contributed by atoms with Gasteiger partial charge in [0.15, 0.2) is 0 Å². The van der Waals surface area contributed by atoms with E-state index in [1.165, 1.54) is 23.0 Å². The van der Waals surface area contributed by atoms with E-state index in [4.69, 9.17) is 0 Å². The third kappa shape index (κ3) is 4.51. The van der Waals surface area contributed by atoms with Crippen LogP contribution in [0.15, 0.2) is 41.6 Å². The van der Waals surface area contributed by atoms with Gasteiger partial charge in [0.1, 0.15) is 10.9 Å². The van der Waals surface area contributed by atoms with Crippen molar-refractivity contribution in [2.75, 3.05) is 6.26 Å². The Morgan fingerprint density at radius 1 is 1.26 bits per heavy atom. The lowest BCUT2D eigenvalue weighted by atomic mass is 9.92. The third-order valence-electron chi connectivity index (χ3n) is 5.75. The van der Waals surface area contributed by atoms with Gasteiger partial charge >= 0.3 is 0 Å². The van der Waals surface area contributed by atoms with Gasteiger partial charge in [0.2, 0.25) is 0 Å². The molecular weight excluding hydrogens is 406 g/mol. The minimum atomic E-state index is -0.106. The zero-order valence-corrected chi connectivity index (χ0v) is 19.4. The van der Waals surface area contributed by atoms with E-state index in [1.807, 2.05) is 37.6 Å². The molecule has 4 rings (SSSR count). The van der Waals surface area contributed by atoms with Gasteiger partial charge in [-0.05, 0) is 38.0 Å². The number of benzene rings is 1. The number of aromatic nitrogens is 4. The normalized spacial score (nSPS) is 15.7. The average Bonchev–Trinajstić information content (AvgIpc) is 3.17. The van der Waals surface area contributed by atoms with Crippen molar-refractivity contribution >= 4 is 17.7 Å². The van der Waals surface area contributed by atoms with Gasteiger partial charge in [-0.3, -0.25) is 9.48 Å². The number of nitrogens with one attached hydrogen (secondary N) is 1. The summed E-state index contributed by atoms with van der Waals surface area (Å²) in [6.07, 6.45) is 6.79. The lowest BCUT2D eigenvalue weighted by Gasteiger charge is -2.25. The van der Waals surface area contributed by atoms with Crippen LogP contribution in [0.3, 0.4) is 0 Å². The summed E-state index contributed by atoms with van der Waals surface area (Å²) >= 11 is 1.49. The fourth-order valence-electron chi connectivity index (χ4n) is 4.13. The van der Waals surface area contributed by atoms with E-state index < -0.39 is 0 Å². The predicted octanol–water partition coefficient (Wildman–Crippen LogP) is 4.68. The SMILES string of the molecule is CSc1nc(C(C)C)nc(C)c1C(=O)NC1CCCc2c1cnn2Cc1ccccc1. The monoisotopic (exact) mass is 435 g/mol. The van der Waals surface area contributed by atoms with Crippen LogP contribution in [-0.4, -0.2) is 31.9 Å². The van der Waals surface area contributed by atoms with Crippen molar-refractivity contribution in [1.82, 2.24) is 25.1 Å². The molecule has 0 radical (unpaired) electrons. The standard InChI is InChI=1S/C24H29N5OS/c1-15(2)22-26-16(3)21(24(28-22)31-4)23(30)27-19-11-8-12-20-18(19)13-25-29(20)14-17-9-6-5-7-10-17/h5-7,9-10,13,15,19H,8,11-12,14H2,1-4H3,(H,27,30). The van der Waals surface area contributed by atoms with Crippen LogP contribution in [0.2, 0.25) is 0 Å². The zero-order chi connectivity index (χ0) is 22.0. The smallest absolute Gasteiger partial charge is 0.256 e. The van der Waals surface area contributed by atoms with Crippen molar-refractivity contribution in [2.24, 2.45) is 0 Å². The fourth-order valence-corrected chi connectivity index (χ4v) is 4.76. The molecule has 1 aromatic carbocycles. The van der Waals surface area contributed by atoms with Crippen molar-refractivity contribution in [3.8, 4) is 0 Å². The molecule has 0 saturated heterocycles. The average molecular weight is 436 g/mol. The number of hydrogen-bond acceptors (Lipinski definition) is 5. The number of fused-ring (bicyclic) bond motifs is 1. The maximum atomic E-state index is 13.3. The highest BCUT2D eigenvalue weighted by molar-refractivity contribution is 7.98. The summed E-state index contributed by atoms with van der Waals surface area (Å²) in [5.41, 5.74) is 4.88. The number of thioether (sulfide) groups is 1. The Labute approximate surface area is 187 Å². The molecule has 162 valence electrons. The van der Waals surface area contributed by atoms with E-state index in [1.54, 1.807) is 0 Å². The van der Waals surface area contributed by atoms with E-state index in [0.29, 0.717) is 5.56 Å². The molecule has 0 spiro atoms. The van der Waals surface area contributed by atoms with Crippen molar-refractivity contribution in [2.45, 2.75) is 63.6 Å². The van der Waals surface area contributed by atoms with Crippen molar-refractivity contribution in [3.05, 3.63) is 70.4 Å². The highest BCUT2D eigenvalue weighted by Crippen LogP contribution is 2.31. The molecule has 1 amide bonds. The van der Waals surface area contributed by atoms with E-state index in [-0.39, 0.29) is 17.9 Å². The molecule has 2 heterocycles. The lowest BCUT2D eigenvalue weighted by Crippen LogP contribution is -2.32. The van der Waals surface area contributed by atoms with E-state index >= 15 is 0 Å². The Morgan fingerprint density at radius 3 is 2.74 bits per heavy atom. The van der Waals surface area contributed by atoms with Gasteiger partial charge < -0.3 is 5.32 Å². The van der Waals surface area contributed by atoms with Gasteiger partial charge in [-0.2, -0.15) is 5.10 Å². The Balaban J connectivity index is 1.57. The van der Waals surface area contributed by atoms with E-state index in [2.05, 4.69) is 51.0 Å². The first-order chi connectivity index (χ1) is 15.0. The maximum Gasteiger partial charge on any atom is 0.256 e. The molecule has 0 aliphatic heterocycles. The summed E-state index contributed by atoms with van der Waals surface area (Å²) in [6.45, 7) is 6.77. The molecule has 0 bridgehead atoms. The molecule has 0 fully saturated rings. The molecule has 1 N–H and O–H groups in total. The Kier molecular flexibility index (Phi) is 6.41. The van der Waals surface area contributed by atoms with Crippen molar-refractivity contribution in [3.63, 3.8) is 0 Å². The molecule has 2 aromatic heterocycles. The first-order valence-electron chi connectivity index (χ1n) is 10.8. The van der Waals surface area contributed by atoms with Crippen LogP contribution in [-0.2, 0) is 13.0 Å². The number of hydrogen-bond donors (Lipinski definition) is 1. The quantitative estimate of drug-likeness (QED) is 0.449. The second-order valence-corrected chi connectivity index (χ2v) is 9.11. The number of nitrogens with zero attached hydrogens (tertiary/aromatic N) is 4. The molecule has 1 aliphatic rings. The summed E-state index contributed by atoms with van der Waals surface area (Å²) in [5, 5.41) is 8.63. The van der Waals surface area contributed by atoms with E-state index in [9.17, 15) is 4.79 Å². The summed E-state index contributed by atoms with van der Waals surface area (Å²) in [7, 11) is 0. The van der Waals surface area contributed by atoms with Gasteiger partial charge in [-0.25, -0.2) is 9.97 Å². The molecule has 1 aliphatic carbocycles. The predicted molar refractivity (Wildman–Crippen MR) is 124 cm³/mol. The molecule has 3 aromatic rings. The number of rotatable bonds is 6. The maximum absolute atomic E-state index is 13.3. The Bertz CT molecular complexity index is 1080. The van der Waals surface area contributed by atoms with Crippen LogP contribution in [0.25, 0.3) is 0 Å². The summed E-state index contributed by atoms with van der Waals surface area (Å²) in [5.74, 6) is 0.893. The summed E-state index contributed by atoms with van der Waals surface area (Å²) in [4.78, 5) is 22.5. The first kappa shape index (κ1) is 21.6. The van der Waals surface area contributed by atoms with Crippen LogP contribution in [0, 0.1) is 6.92 Å². The molecule has 0 saturated carbocycles. The fraction of sp³-hybridized carbons (Fsp3) is 0.417. The van der Waals surface area contributed by atoms with Crippen molar-refractivity contribution in [1.29, 1.82) is 0 Å². The molecule has 6 nitrogen and oxygen atoms in total. The Morgan fingerprint density at radius 2 is 2.03 bits per heavy atom. The molecular formula is C24H29N5OS. The largest absolute Gasteiger partial charge is 0.345 e. The lowest BCUT2D eigenvalue weighted by molar-refractivity contribution is 0.0927. The summed E-state index contributed by atoms with van der Waals surface area (Å²) < 4.78 is 2.07. The highest BCUT2D eigenvalue weighted by atomic mass is 32.2. The van der Waals surface area contributed by atoms with Gasteiger partial charge in [0, 0.05) is 17.2 Å². The number of carbonyl (C=O) groups is 1.